The lowest BCUT2D eigenvalue weighted by Crippen LogP contribution is -2.43. The van der Waals surface area contributed by atoms with Gasteiger partial charge in [-0.05, 0) is 49.4 Å². The van der Waals surface area contributed by atoms with Gasteiger partial charge in [-0.3, -0.25) is 20.4 Å². The molecule has 2 N–H and O–H groups in total. The van der Waals surface area contributed by atoms with E-state index in [-0.39, 0.29) is 12.5 Å². The van der Waals surface area contributed by atoms with E-state index in [1.807, 2.05) is 6.07 Å². The lowest BCUT2D eigenvalue weighted by Gasteiger charge is -2.09. The van der Waals surface area contributed by atoms with Crippen LogP contribution in [0.2, 0.25) is 5.02 Å². The zero-order chi connectivity index (χ0) is 16.9. The third-order valence-electron chi connectivity index (χ3n) is 3.73. The molecule has 1 aliphatic rings. The second-order valence-corrected chi connectivity index (χ2v) is 7.03. The molecule has 3 rings (SSSR count). The minimum absolute atomic E-state index is 0.231. The molecule has 0 saturated heterocycles. The molecule has 1 aliphatic carbocycles. The number of hydrazine groups is 1. The van der Waals surface area contributed by atoms with Crippen molar-refractivity contribution >= 4 is 34.8 Å². The second kappa shape index (κ2) is 7.68. The predicted molar refractivity (Wildman–Crippen MR) is 93.5 cm³/mol. The molecule has 0 fully saturated rings. The Balaban J connectivity index is 1.48. The van der Waals surface area contributed by atoms with Crippen LogP contribution >= 0.6 is 22.9 Å². The molecule has 1 aromatic carbocycles. The summed E-state index contributed by atoms with van der Waals surface area (Å²) in [6.07, 6.45) is 4.40. The zero-order valence-corrected chi connectivity index (χ0v) is 14.5. The number of nitrogens with one attached hydrogen (secondary N) is 2. The first-order valence-electron chi connectivity index (χ1n) is 7.71. The van der Waals surface area contributed by atoms with E-state index in [9.17, 15) is 9.59 Å². The minimum Gasteiger partial charge on any atom is -0.482 e. The highest BCUT2D eigenvalue weighted by atomic mass is 35.5. The average Bonchev–Trinajstić information content (AvgIpc) is 3.03. The number of hydrogen-bond acceptors (Lipinski definition) is 4. The Hall–Kier alpha value is -2.05. The van der Waals surface area contributed by atoms with E-state index < -0.39 is 5.91 Å². The summed E-state index contributed by atoms with van der Waals surface area (Å²) in [5.41, 5.74) is 6.02. The SMILES string of the molecule is O=C(COc1ccccc1Cl)NNC(=O)c1cc2c(s1)CCCC2. The molecule has 0 saturated carbocycles. The van der Waals surface area contributed by atoms with Gasteiger partial charge in [-0.25, -0.2) is 0 Å². The van der Waals surface area contributed by atoms with Gasteiger partial charge in [-0.2, -0.15) is 0 Å². The minimum atomic E-state index is -0.454. The fraction of sp³-hybridized carbons (Fsp3) is 0.294. The number of fused-ring (bicyclic) bond motifs is 1. The van der Waals surface area contributed by atoms with Crippen LogP contribution in [-0.2, 0) is 17.6 Å². The number of benzene rings is 1. The van der Waals surface area contributed by atoms with Crippen LogP contribution in [0.25, 0.3) is 0 Å². The first-order chi connectivity index (χ1) is 11.6. The second-order valence-electron chi connectivity index (χ2n) is 5.49. The van der Waals surface area contributed by atoms with Crippen LogP contribution < -0.4 is 15.6 Å². The third-order valence-corrected chi connectivity index (χ3v) is 5.28. The van der Waals surface area contributed by atoms with Crippen molar-refractivity contribution in [2.45, 2.75) is 25.7 Å². The first-order valence-corrected chi connectivity index (χ1v) is 8.91. The van der Waals surface area contributed by atoms with Gasteiger partial charge in [0.2, 0.25) is 0 Å². The predicted octanol–water partition coefficient (Wildman–Crippen LogP) is 3.12. The van der Waals surface area contributed by atoms with Gasteiger partial charge in [-0.15, -0.1) is 11.3 Å². The Morgan fingerprint density at radius 2 is 1.96 bits per heavy atom. The highest BCUT2D eigenvalue weighted by molar-refractivity contribution is 7.14. The smallest absolute Gasteiger partial charge is 0.279 e. The number of para-hydroxylation sites is 1. The van der Waals surface area contributed by atoms with Crippen LogP contribution in [0.15, 0.2) is 30.3 Å². The molecule has 0 spiro atoms. The Morgan fingerprint density at radius 3 is 2.75 bits per heavy atom. The van der Waals surface area contributed by atoms with Crippen molar-refractivity contribution in [2.24, 2.45) is 0 Å². The van der Waals surface area contributed by atoms with Crippen LogP contribution in [0.1, 0.15) is 33.0 Å². The third kappa shape index (κ3) is 4.07. The molecule has 2 aromatic rings. The maximum Gasteiger partial charge on any atom is 0.279 e. The van der Waals surface area contributed by atoms with Crippen molar-refractivity contribution < 1.29 is 14.3 Å². The van der Waals surface area contributed by atoms with Crippen molar-refractivity contribution in [1.82, 2.24) is 10.9 Å². The summed E-state index contributed by atoms with van der Waals surface area (Å²) >= 11 is 7.44. The van der Waals surface area contributed by atoms with E-state index in [0.717, 1.165) is 12.8 Å². The van der Waals surface area contributed by atoms with E-state index in [1.54, 1.807) is 24.3 Å². The largest absolute Gasteiger partial charge is 0.482 e. The standard InChI is InChI=1S/C17H17ClN2O3S/c18-12-6-2-3-7-13(12)23-10-16(21)19-20-17(22)15-9-11-5-1-4-8-14(11)24-15/h2-3,6-7,9H,1,4-5,8,10H2,(H,19,21)(H,20,22). The topological polar surface area (TPSA) is 67.4 Å². The van der Waals surface area contributed by atoms with Crippen LogP contribution in [0.4, 0.5) is 0 Å². The normalized spacial score (nSPS) is 13.0. The number of halogens is 1. The zero-order valence-electron chi connectivity index (χ0n) is 12.9. The van der Waals surface area contributed by atoms with Crippen LogP contribution in [0.3, 0.4) is 0 Å². The molecule has 7 heteroatoms. The molecule has 2 amide bonds. The number of carbonyl (C=O) groups excluding carboxylic acids is 2. The molecule has 5 nitrogen and oxygen atoms in total. The summed E-state index contributed by atoms with van der Waals surface area (Å²) in [5.74, 6) is -0.336. The van der Waals surface area contributed by atoms with Gasteiger partial charge in [0.25, 0.3) is 11.8 Å². The van der Waals surface area contributed by atoms with E-state index in [2.05, 4.69) is 10.9 Å². The van der Waals surface area contributed by atoms with Crippen LogP contribution in [0, 0.1) is 0 Å². The van der Waals surface area contributed by atoms with Gasteiger partial charge in [0.05, 0.1) is 9.90 Å². The van der Waals surface area contributed by atoms with E-state index in [0.29, 0.717) is 15.6 Å². The highest BCUT2D eigenvalue weighted by Gasteiger charge is 2.17. The average molecular weight is 365 g/mol. The summed E-state index contributed by atoms with van der Waals surface area (Å²) in [6.45, 7) is -0.231. The lowest BCUT2D eigenvalue weighted by atomic mass is 9.99. The van der Waals surface area contributed by atoms with E-state index >= 15 is 0 Å². The fourth-order valence-electron chi connectivity index (χ4n) is 2.53. The molecule has 126 valence electrons. The first kappa shape index (κ1) is 16.8. The summed E-state index contributed by atoms with van der Waals surface area (Å²) in [4.78, 5) is 25.8. The van der Waals surface area contributed by atoms with Gasteiger partial charge >= 0.3 is 0 Å². The van der Waals surface area contributed by atoms with Gasteiger partial charge in [0, 0.05) is 4.88 Å². The van der Waals surface area contributed by atoms with Gasteiger partial charge < -0.3 is 4.74 Å². The summed E-state index contributed by atoms with van der Waals surface area (Å²) in [7, 11) is 0. The lowest BCUT2D eigenvalue weighted by molar-refractivity contribution is -0.123. The number of carbonyl (C=O) groups is 2. The van der Waals surface area contributed by atoms with Crippen molar-refractivity contribution in [3.63, 3.8) is 0 Å². The molecule has 0 radical (unpaired) electrons. The molecule has 24 heavy (non-hydrogen) atoms. The van der Waals surface area contributed by atoms with Gasteiger partial charge in [0.1, 0.15) is 5.75 Å². The van der Waals surface area contributed by atoms with Crippen LogP contribution in [-0.4, -0.2) is 18.4 Å². The Kier molecular flexibility index (Phi) is 5.37. The Bertz CT molecular complexity index is 737. The van der Waals surface area contributed by atoms with Crippen molar-refractivity contribution in [3.8, 4) is 5.75 Å². The van der Waals surface area contributed by atoms with Gasteiger partial charge in [0.15, 0.2) is 6.61 Å². The van der Waals surface area contributed by atoms with E-state index in [1.165, 1.54) is 34.6 Å². The van der Waals surface area contributed by atoms with Crippen molar-refractivity contribution in [1.29, 1.82) is 0 Å². The molecule has 0 atom stereocenters. The molecule has 0 unspecified atom stereocenters. The molecule has 1 heterocycles. The fourth-order valence-corrected chi connectivity index (χ4v) is 3.87. The highest BCUT2D eigenvalue weighted by Crippen LogP contribution is 2.29. The van der Waals surface area contributed by atoms with Crippen LogP contribution in [0.5, 0.6) is 5.75 Å². The quantitative estimate of drug-likeness (QED) is 0.819. The number of rotatable bonds is 4. The van der Waals surface area contributed by atoms with Crippen molar-refractivity contribution in [2.75, 3.05) is 6.61 Å². The van der Waals surface area contributed by atoms with Crippen molar-refractivity contribution in [3.05, 3.63) is 50.7 Å². The number of thiophene rings is 1. The molecule has 0 bridgehead atoms. The maximum atomic E-state index is 12.1. The van der Waals surface area contributed by atoms with E-state index in [4.69, 9.17) is 16.3 Å². The number of aryl methyl sites for hydroxylation is 2. The summed E-state index contributed by atoms with van der Waals surface area (Å²) in [5, 5.41) is 0.429. The molecule has 0 aliphatic heterocycles. The molecule has 1 aromatic heterocycles. The number of amides is 2. The Morgan fingerprint density at radius 1 is 1.17 bits per heavy atom. The van der Waals surface area contributed by atoms with Gasteiger partial charge in [-0.1, -0.05) is 23.7 Å². The number of hydrogen-bond donors (Lipinski definition) is 2. The summed E-state index contributed by atoms with van der Waals surface area (Å²) in [6, 6.07) is 8.80. The monoisotopic (exact) mass is 364 g/mol. The molecular formula is C17H17ClN2O3S. The summed E-state index contributed by atoms with van der Waals surface area (Å²) < 4.78 is 5.31. The maximum absolute atomic E-state index is 12.1. The molecular weight excluding hydrogens is 348 g/mol. The Labute approximate surface area is 148 Å². The number of ether oxygens (including phenoxy) is 1.